The molecule has 20 heavy (non-hydrogen) atoms. The van der Waals surface area contributed by atoms with Gasteiger partial charge in [-0.3, -0.25) is 0 Å². The maximum absolute atomic E-state index is 12.0. The Labute approximate surface area is 125 Å². The van der Waals surface area contributed by atoms with Gasteiger partial charge in [0.1, 0.15) is 18.2 Å². The van der Waals surface area contributed by atoms with E-state index in [0.29, 0.717) is 24.0 Å². The third-order valence-corrected chi connectivity index (χ3v) is 4.22. The molecule has 1 aliphatic rings. The maximum Gasteiger partial charge on any atom is 0.261 e. The molecule has 7 heteroatoms. The zero-order valence-corrected chi connectivity index (χ0v) is 12.7. The molecule has 4 nitrogen and oxygen atoms in total. The first kappa shape index (κ1) is 15.6. The number of nitrogen functional groups attached to an aromatic ring is 1. The topological polar surface area (TPSA) is 61.0 Å². The third kappa shape index (κ3) is 4.09. The Kier molecular flexibility index (Phi) is 5.65. The highest BCUT2D eigenvalue weighted by Crippen LogP contribution is 2.38. The van der Waals surface area contributed by atoms with Crippen LogP contribution >= 0.6 is 15.9 Å². The molecule has 1 aromatic rings. The van der Waals surface area contributed by atoms with E-state index < -0.39 is 13.0 Å². The van der Waals surface area contributed by atoms with Crippen LogP contribution in [0.1, 0.15) is 43.1 Å². The van der Waals surface area contributed by atoms with Crippen molar-refractivity contribution < 1.29 is 13.5 Å². The van der Waals surface area contributed by atoms with Crippen LogP contribution in [0.3, 0.4) is 0 Å². The summed E-state index contributed by atoms with van der Waals surface area (Å²) >= 11 is 3.44. The van der Waals surface area contributed by atoms with Crippen LogP contribution in [0.5, 0.6) is 0 Å². The van der Waals surface area contributed by atoms with Crippen molar-refractivity contribution >= 4 is 21.7 Å². The standard InChI is InChI=1S/C13H18BrF2N3O/c14-11-12(8-3-1-2-4-8)18-10(19-13(11)17)5-6-20-7-9(15)16/h8-9H,1-7H2,(H2,17,18,19). The lowest BCUT2D eigenvalue weighted by Crippen LogP contribution is -2.12. The molecular weight excluding hydrogens is 332 g/mol. The van der Waals surface area contributed by atoms with Crippen LogP contribution < -0.4 is 5.73 Å². The average Bonchev–Trinajstić information content (AvgIpc) is 2.92. The Morgan fingerprint density at radius 1 is 1.30 bits per heavy atom. The van der Waals surface area contributed by atoms with Gasteiger partial charge in [-0.05, 0) is 28.8 Å². The fourth-order valence-corrected chi connectivity index (χ4v) is 2.95. The van der Waals surface area contributed by atoms with Crippen LogP contribution in [0.2, 0.25) is 0 Å². The van der Waals surface area contributed by atoms with Crippen LogP contribution in [-0.4, -0.2) is 29.6 Å². The van der Waals surface area contributed by atoms with Gasteiger partial charge in [0.05, 0.1) is 16.8 Å². The SMILES string of the molecule is Nc1nc(CCOCC(F)F)nc(C2CCCC2)c1Br. The third-order valence-electron chi connectivity index (χ3n) is 3.40. The lowest BCUT2D eigenvalue weighted by Gasteiger charge is -2.14. The number of aromatic nitrogens is 2. The van der Waals surface area contributed by atoms with Gasteiger partial charge in [0, 0.05) is 12.3 Å². The molecule has 0 aromatic carbocycles. The van der Waals surface area contributed by atoms with E-state index in [-0.39, 0.29) is 6.61 Å². The second-order valence-electron chi connectivity index (χ2n) is 4.92. The number of anilines is 1. The fourth-order valence-electron chi connectivity index (χ4n) is 2.45. The van der Waals surface area contributed by atoms with E-state index in [9.17, 15) is 8.78 Å². The predicted octanol–water partition coefficient (Wildman–Crippen LogP) is 3.30. The molecule has 1 aromatic heterocycles. The van der Waals surface area contributed by atoms with Gasteiger partial charge in [-0.2, -0.15) is 0 Å². The molecule has 0 bridgehead atoms. The molecule has 0 unspecified atom stereocenters. The molecule has 2 rings (SSSR count). The number of hydrogen-bond donors (Lipinski definition) is 1. The van der Waals surface area contributed by atoms with Gasteiger partial charge >= 0.3 is 0 Å². The average molecular weight is 350 g/mol. The van der Waals surface area contributed by atoms with Crippen LogP contribution in [0, 0.1) is 0 Å². The maximum atomic E-state index is 12.0. The van der Waals surface area contributed by atoms with E-state index in [4.69, 9.17) is 10.5 Å². The van der Waals surface area contributed by atoms with Crippen molar-refractivity contribution in [1.29, 1.82) is 0 Å². The molecule has 1 fully saturated rings. The number of hydrogen-bond acceptors (Lipinski definition) is 4. The van der Waals surface area contributed by atoms with Crippen molar-refractivity contribution in [2.24, 2.45) is 0 Å². The van der Waals surface area contributed by atoms with Gasteiger partial charge in [0.15, 0.2) is 0 Å². The van der Waals surface area contributed by atoms with Gasteiger partial charge in [-0.15, -0.1) is 0 Å². The zero-order chi connectivity index (χ0) is 14.5. The van der Waals surface area contributed by atoms with E-state index in [1.807, 2.05) is 0 Å². The number of ether oxygens (including phenoxy) is 1. The molecule has 0 spiro atoms. The van der Waals surface area contributed by atoms with Crippen molar-refractivity contribution in [3.05, 3.63) is 16.0 Å². The largest absolute Gasteiger partial charge is 0.383 e. The van der Waals surface area contributed by atoms with Crippen LogP contribution in [0.4, 0.5) is 14.6 Å². The molecule has 2 N–H and O–H groups in total. The summed E-state index contributed by atoms with van der Waals surface area (Å²) < 4.78 is 29.5. The van der Waals surface area contributed by atoms with Crippen molar-refractivity contribution in [1.82, 2.24) is 9.97 Å². The summed E-state index contributed by atoms with van der Waals surface area (Å²) in [5.41, 5.74) is 6.83. The first-order valence-electron chi connectivity index (χ1n) is 6.75. The minimum absolute atomic E-state index is 0.176. The second-order valence-corrected chi connectivity index (χ2v) is 5.71. The van der Waals surface area contributed by atoms with Crippen molar-refractivity contribution in [3.8, 4) is 0 Å². The number of alkyl halides is 2. The van der Waals surface area contributed by atoms with Crippen LogP contribution in [0.15, 0.2) is 4.47 Å². The number of nitrogens with two attached hydrogens (primary N) is 1. The molecular formula is C13H18BrF2N3O. The van der Waals surface area contributed by atoms with E-state index in [2.05, 4.69) is 25.9 Å². The quantitative estimate of drug-likeness (QED) is 0.800. The van der Waals surface area contributed by atoms with Gasteiger partial charge in [-0.1, -0.05) is 12.8 Å². The summed E-state index contributed by atoms with van der Waals surface area (Å²) in [6, 6.07) is 0. The Hall–Kier alpha value is -0.820. The summed E-state index contributed by atoms with van der Waals surface area (Å²) in [5.74, 6) is 1.38. The summed E-state index contributed by atoms with van der Waals surface area (Å²) in [6.07, 6.45) is 2.57. The lowest BCUT2D eigenvalue weighted by molar-refractivity contribution is 0.0182. The Morgan fingerprint density at radius 2 is 2.00 bits per heavy atom. The Balaban J connectivity index is 2.02. The first-order valence-corrected chi connectivity index (χ1v) is 7.55. The van der Waals surface area contributed by atoms with E-state index >= 15 is 0 Å². The van der Waals surface area contributed by atoms with Gasteiger partial charge in [-0.25, -0.2) is 18.7 Å². The highest BCUT2D eigenvalue weighted by Gasteiger charge is 2.23. The smallest absolute Gasteiger partial charge is 0.261 e. The minimum atomic E-state index is -2.44. The molecule has 1 heterocycles. The molecule has 0 saturated heterocycles. The monoisotopic (exact) mass is 349 g/mol. The van der Waals surface area contributed by atoms with Gasteiger partial charge < -0.3 is 10.5 Å². The van der Waals surface area contributed by atoms with Crippen molar-refractivity contribution in [2.45, 2.75) is 44.4 Å². The molecule has 1 saturated carbocycles. The number of halogens is 3. The summed E-state index contributed by atoms with van der Waals surface area (Å²) in [6.45, 7) is -0.378. The van der Waals surface area contributed by atoms with E-state index in [0.717, 1.165) is 23.0 Å². The molecule has 0 aliphatic heterocycles. The van der Waals surface area contributed by atoms with E-state index in [1.165, 1.54) is 12.8 Å². The molecule has 0 amide bonds. The van der Waals surface area contributed by atoms with Crippen LogP contribution in [0.25, 0.3) is 0 Å². The second kappa shape index (κ2) is 7.26. The first-order chi connectivity index (χ1) is 9.58. The fraction of sp³-hybridized carbons (Fsp3) is 0.692. The van der Waals surface area contributed by atoms with Crippen molar-refractivity contribution in [3.63, 3.8) is 0 Å². The Morgan fingerprint density at radius 3 is 2.65 bits per heavy atom. The highest BCUT2D eigenvalue weighted by molar-refractivity contribution is 9.10. The summed E-state index contributed by atoms with van der Waals surface area (Å²) in [7, 11) is 0. The summed E-state index contributed by atoms with van der Waals surface area (Å²) in [4.78, 5) is 8.70. The molecule has 112 valence electrons. The summed E-state index contributed by atoms with van der Waals surface area (Å²) in [5, 5.41) is 0. The minimum Gasteiger partial charge on any atom is -0.383 e. The number of rotatable bonds is 6. The van der Waals surface area contributed by atoms with Crippen LogP contribution in [-0.2, 0) is 11.2 Å². The molecule has 1 aliphatic carbocycles. The highest BCUT2D eigenvalue weighted by atomic mass is 79.9. The number of nitrogens with zero attached hydrogens (tertiary/aromatic N) is 2. The Bertz CT molecular complexity index is 453. The van der Waals surface area contributed by atoms with Crippen molar-refractivity contribution in [2.75, 3.05) is 18.9 Å². The molecule has 0 radical (unpaired) electrons. The lowest BCUT2D eigenvalue weighted by atomic mass is 10.0. The van der Waals surface area contributed by atoms with Gasteiger partial charge in [0.2, 0.25) is 0 Å². The normalized spacial score (nSPS) is 16.2. The van der Waals surface area contributed by atoms with E-state index in [1.54, 1.807) is 0 Å². The predicted molar refractivity (Wildman–Crippen MR) is 75.9 cm³/mol. The molecule has 0 atom stereocenters. The van der Waals surface area contributed by atoms with Gasteiger partial charge in [0.25, 0.3) is 6.43 Å². The zero-order valence-electron chi connectivity index (χ0n) is 11.1.